The summed E-state index contributed by atoms with van der Waals surface area (Å²) in [5, 5.41) is 10.3. The van der Waals surface area contributed by atoms with Gasteiger partial charge in [-0.3, -0.25) is 0 Å². The van der Waals surface area contributed by atoms with Gasteiger partial charge in [-0.25, -0.2) is 0 Å². The Balaban J connectivity index is 2.19. The molecule has 1 fully saturated rings. The van der Waals surface area contributed by atoms with E-state index in [2.05, 4.69) is 4.90 Å². The molecule has 4 heteroatoms. The smallest absolute Gasteiger partial charge is 0.0817 e. The van der Waals surface area contributed by atoms with E-state index in [0.717, 1.165) is 26.0 Å². The third-order valence-corrected chi connectivity index (χ3v) is 2.91. The van der Waals surface area contributed by atoms with Crippen molar-refractivity contribution in [3.8, 4) is 0 Å². The summed E-state index contributed by atoms with van der Waals surface area (Å²) >= 11 is 0. The SMILES string of the molecule is CC(C)OCCN(C)CC1(O)CCOCC1. The fraction of sp³-hybridized carbons (Fsp3) is 1.00. The van der Waals surface area contributed by atoms with Crippen LogP contribution >= 0.6 is 0 Å². The van der Waals surface area contributed by atoms with Crippen LogP contribution in [0.5, 0.6) is 0 Å². The first-order valence-corrected chi connectivity index (χ1v) is 6.12. The summed E-state index contributed by atoms with van der Waals surface area (Å²) in [7, 11) is 2.02. The molecule has 0 aliphatic carbocycles. The van der Waals surface area contributed by atoms with E-state index in [1.54, 1.807) is 0 Å². The van der Waals surface area contributed by atoms with Crippen LogP contribution in [0.25, 0.3) is 0 Å². The van der Waals surface area contributed by atoms with Crippen LogP contribution in [0.15, 0.2) is 0 Å². The van der Waals surface area contributed by atoms with E-state index in [0.29, 0.717) is 19.8 Å². The van der Waals surface area contributed by atoms with Gasteiger partial charge in [0.15, 0.2) is 0 Å². The minimum Gasteiger partial charge on any atom is -0.388 e. The molecule has 1 aliphatic rings. The normalized spacial score (nSPS) is 20.6. The molecule has 0 unspecified atom stereocenters. The lowest BCUT2D eigenvalue weighted by atomic mass is 9.94. The Kier molecular flexibility index (Phi) is 5.69. The predicted octanol–water partition coefficient (Wildman–Crippen LogP) is 0.885. The summed E-state index contributed by atoms with van der Waals surface area (Å²) in [6, 6.07) is 0. The van der Waals surface area contributed by atoms with Gasteiger partial charge in [-0.1, -0.05) is 0 Å². The number of nitrogens with zero attached hydrogens (tertiary/aromatic N) is 1. The molecular weight excluding hydrogens is 206 g/mol. The van der Waals surface area contributed by atoms with Crippen molar-refractivity contribution < 1.29 is 14.6 Å². The molecule has 0 amide bonds. The van der Waals surface area contributed by atoms with Gasteiger partial charge in [0.25, 0.3) is 0 Å². The second kappa shape index (κ2) is 6.55. The van der Waals surface area contributed by atoms with Crippen LogP contribution in [0.1, 0.15) is 26.7 Å². The van der Waals surface area contributed by atoms with Crippen molar-refractivity contribution in [3.05, 3.63) is 0 Å². The number of aliphatic hydroxyl groups is 1. The third kappa shape index (κ3) is 5.25. The number of rotatable bonds is 6. The van der Waals surface area contributed by atoms with Crippen molar-refractivity contribution in [3.63, 3.8) is 0 Å². The van der Waals surface area contributed by atoms with Crippen molar-refractivity contribution in [2.45, 2.75) is 38.4 Å². The molecule has 0 spiro atoms. The maximum atomic E-state index is 10.3. The molecule has 0 atom stereocenters. The maximum absolute atomic E-state index is 10.3. The lowest BCUT2D eigenvalue weighted by Crippen LogP contribution is -2.46. The van der Waals surface area contributed by atoms with Gasteiger partial charge in [0.05, 0.1) is 18.3 Å². The molecule has 0 radical (unpaired) electrons. The Morgan fingerprint density at radius 1 is 1.38 bits per heavy atom. The van der Waals surface area contributed by atoms with Crippen LogP contribution in [0, 0.1) is 0 Å². The molecule has 1 aliphatic heterocycles. The highest BCUT2D eigenvalue weighted by Crippen LogP contribution is 2.20. The molecule has 0 aromatic rings. The average Bonchev–Trinajstić information content (AvgIpc) is 2.17. The molecule has 96 valence electrons. The van der Waals surface area contributed by atoms with Crippen molar-refractivity contribution in [2.75, 3.05) is 40.0 Å². The maximum Gasteiger partial charge on any atom is 0.0817 e. The van der Waals surface area contributed by atoms with Gasteiger partial charge in [0.2, 0.25) is 0 Å². The number of likely N-dealkylation sites (N-methyl/N-ethyl adjacent to an activating group) is 1. The van der Waals surface area contributed by atoms with E-state index < -0.39 is 5.60 Å². The molecule has 0 aromatic carbocycles. The highest BCUT2D eigenvalue weighted by molar-refractivity contribution is 4.83. The fourth-order valence-electron chi connectivity index (χ4n) is 1.94. The molecule has 1 rings (SSSR count). The molecule has 1 saturated heterocycles. The summed E-state index contributed by atoms with van der Waals surface area (Å²) < 4.78 is 10.7. The van der Waals surface area contributed by atoms with E-state index in [-0.39, 0.29) is 6.10 Å². The highest BCUT2D eigenvalue weighted by atomic mass is 16.5. The van der Waals surface area contributed by atoms with Crippen molar-refractivity contribution >= 4 is 0 Å². The molecule has 16 heavy (non-hydrogen) atoms. The van der Waals surface area contributed by atoms with Crippen molar-refractivity contribution in [1.82, 2.24) is 4.90 Å². The van der Waals surface area contributed by atoms with Gasteiger partial charge in [0, 0.05) is 39.1 Å². The minimum absolute atomic E-state index is 0.277. The molecular formula is C12H25NO3. The van der Waals surface area contributed by atoms with E-state index in [9.17, 15) is 5.11 Å². The van der Waals surface area contributed by atoms with E-state index >= 15 is 0 Å². The average molecular weight is 231 g/mol. The lowest BCUT2D eigenvalue weighted by Gasteiger charge is -2.35. The Hall–Kier alpha value is -0.160. The zero-order chi connectivity index (χ0) is 12.0. The van der Waals surface area contributed by atoms with Gasteiger partial charge in [-0.15, -0.1) is 0 Å². The Bertz CT molecular complexity index is 191. The van der Waals surface area contributed by atoms with Crippen LogP contribution in [0.4, 0.5) is 0 Å². The van der Waals surface area contributed by atoms with Gasteiger partial charge in [-0.05, 0) is 20.9 Å². The van der Waals surface area contributed by atoms with Crippen molar-refractivity contribution in [2.24, 2.45) is 0 Å². The standard InChI is InChI=1S/C12H25NO3/c1-11(2)16-9-6-13(3)10-12(14)4-7-15-8-5-12/h11,14H,4-10H2,1-3H3. The van der Waals surface area contributed by atoms with E-state index in [1.807, 2.05) is 20.9 Å². The second-order valence-corrected chi connectivity index (χ2v) is 4.99. The number of hydrogen-bond donors (Lipinski definition) is 1. The van der Waals surface area contributed by atoms with Crippen LogP contribution in [-0.2, 0) is 9.47 Å². The first-order chi connectivity index (χ1) is 7.52. The quantitative estimate of drug-likeness (QED) is 0.737. The van der Waals surface area contributed by atoms with Crippen LogP contribution < -0.4 is 0 Å². The van der Waals surface area contributed by atoms with Crippen LogP contribution in [0.3, 0.4) is 0 Å². The van der Waals surface area contributed by atoms with E-state index in [1.165, 1.54) is 0 Å². The molecule has 1 N–H and O–H groups in total. The Labute approximate surface area is 98.5 Å². The first kappa shape index (κ1) is 13.9. The summed E-state index contributed by atoms with van der Waals surface area (Å²) in [5.41, 5.74) is -0.565. The highest BCUT2D eigenvalue weighted by Gasteiger charge is 2.30. The minimum atomic E-state index is -0.565. The predicted molar refractivity (Wildman–Crippen MR) is 63.6 cm³/mol. The summed E-state index contributed by atoms with van der Waals surface area (Å²) in [4.78, 5) is 2.13. The fourth-order valence-corrected chi connectivity index (χ4v) is 1.94. The Morgan fingerprint density at radius 3 is 2.56 bits per heavy atom. The summed E-state index contributed by atoms with van der Waals surface area (Å²) in [6.45, 7) is 7.71. The van der Waals surface area contributed by atoms with Gasteiger partial charge in [0.1, 0.15) is 0 Å². The third-order valence-electron chi connectivity index (χ3n) is 2.91. The molecule has 1 heterocycles. The molecule has 0 saturated carbocycles. The molecule has 0 aromatic heterocycles. The monoisotopic (exact) mass is 231 g/mol. The van der Waals surface area contributed by atoms with Gasteiger partial charge in [-0.2, -0.15) is 0 Å². The molecule has 4 nitrogen and oxygen atoms in total. The first-order valence-electron chi connectivity index (χ1n) is 6.12. The second-order valence-electron chi connectivity index (χ2n) is 4.99. The van der Waals surface area contributed by atoms with Gasteiger partial charge < -0.3 is 19.5 Å². The number of ether oxygens (including phenoxy) is 2. The Morgan fingerprint density at radius 2 is 2.00 bits per heavy atom. The van der Waals surface area contributed by atoms with E-state index in [4.69, 9.17) is 9.47 Å². The molecule has 0 bridgehead atoms. The summed E-state index contributed by atoms with van der Waals surface area (Å²) in [5.74, 6) is 0. The van der Waals surface area contributed by atoms with Crippen LogP contribution in [-0.4, -0.2) is 61.7 Å². The van der Waals surface area contributed by atoms with Crippen molar-refractivity contribution in [1.29, 1.82) is 0 Å². The number of hydrogen-bond acceptors (Lipinski definition) is 4. The lowest BCUT2D eigenvalue weighted by molar-refractivity contribution is -0.0792. The topological polar surface area (TPSA) is 41.9 Å². The zero-order valence-corrected chi connectivity index (χ0v) is 10.7. The summed E-state index contributed by atoms with van der Waals surface area (Å²) in [6.07, 6.45) is 1.75. The van der Waals surface area contributed by atoms with Gasteiger partial charge >= 0.3 is 0 Å². The zero-order valence-electron chi connectivity index (χ0n) is 10.7. The largest absolute Gasteiger partial charge is 0.388 e. The van der Waals surface area contributed by atoms with Crippen LogP contribution in [0.2, 0.25) is 0 Å².